The SMILES string of the molecule is CC(NC(=O)N1CC(O)C[C@H]1C(=O)O)C1CCOC1. The first-order valence-electron chi connectivity index (χ1n) is 6.54. The molecule has 0 aromatic carbocycles. The molecule has 0 radical (unpaired) electrons. The average molecular weight is 272 g/mol. The van der Waals surface area contributed by atoms with Crippen molar-refractivity contribution in [3.8, 4) is 0 Å². The van der Waals surface area contributed by atoms with E-state index in [1.54, 1.807) is 0 Å². The van der Waals surface area contributed by atoms with E-state index in [9.17, 15) is 14.7 Å². The van der Waals surface area contributed by atoms with Gasteiger partial charge in [-0.15, -0.1) is 0 Å². The molecule has 0 bridgehead atoms. The lowest BCUT2D eigenvalue weighted by molar-refractivity contribution is -0.141. The molecule has 7 nitrogen and oxygen atoms in total. The third-order valence-corrected chi connectivity index (χ3v) is 3.85. The summed E-state index contributed by atoms with van der Waals surface area (Å²) in [5, 5.41) is 21.4. The Bertz CT molecular complexity index is 356. The minimum absolute atomic E-state index is 0.0662. The number of amides is 2. The maximum atomic E-state index is 12.1. The van der Waals surface area contributed by atoms with Gasteiger partial charge in [-0.1, -0.05) is 0 Å². The number of nitrogens with zero attached hydrogens (tertiary/aromatic N) is 1. The van der Waals surface area contributed by atoms with Gasteiger partial charge in [0.25, 0.3) is 0 Å². The molecular formula is C12H20N2O5. The molecule has 0 aromatic rings. The van der Waals surface area contributed by atoms with Crippen LogP contribution >= 0.6 is 0 Å². The number of carboxylic acid groups (broad SMARTS) is 1. The lowest BCUT2D eigenvalue weighted by Gasteiger charge is -2.26. The zero-order valence-corrected chi connectivity index (χ0v) is 10.9. The second-order valence-corrected chi connectivity index (χ2v) is 5.26. The fourth-order valence-electron chi connectivity index (χ4n) is 2.61. The van der Waals surface area contributed by atoms with Crippen LogP contribution in [0.4, 0.5) is 4.79 Å². The number of hydrogen-bond acceptors (Lipinski definition) is 4. The molecule has 4 atom stereocenters. The largest absolute Gasteiger partial charge is 0.480 e. The van der Waals surface area contributed by atoms with Crippen molar-refractivity contribution in [3.63, 3.8) is 0 Å². The Morgan fingerprint density at radius 2 is 2.21 bits per heavy atom. The van der Waals surface area contributed by atoms with E-state index in [4.69, 9.17) is 9.84 Å². The summed E-state index contributed by atoms with van der Waals surface area (Å²) >= 11 is 0. The summed E-state index contributed by atoms with van der Waals surface area (Å²) in [4.78, 5) is 24.3. The zero-order chi connectivity index (χ0) is 14.0. The Morgan fingerprint density at radius 3 is 2.79 bits per heavy atom. The summed E-state index contributed by atoms with van der Waals surface area (Å²) in [6.45, 7) is 3.27. The Hall–Kier alpha value is -1.34. The molecule has 0 aliphatic carbocycles. The molecule has 3 N–H and O–H groups in total. The highest BCUT2D eigenvalue weighted by Gasteiger charge is 2.39. The Balaban J connectivity index is 1.92. The highest BCUT2D eigenvalue weighted by atomic mass is 16.5. The third-order valence-electron chi connectivity index (χ3n) is 3.85. The van der Waals surface area contributed by atoms with Gasteiger partial charge in [0.15, 0.2) is 0 Å². The number of rotatable bonds is 3. The zero-order valence-electron chi connectivity index (χ0n) is 10.9. The number of ether oxygens (including phenoxy) is 1. The molecule has 0 spiro atoms. The highest BCUT2D eigenvalue weighted by molar-refractivity contribution is 5.83. The molecule has 2 amide bonds. The van der Waals surface area contributed by atoms with Gasteiger partial charge < -0.3 is 25.2 Å². The molecule has 3 unspecified atom stereocenters. The van der Waals surface area contributed by atoms with Gasteiger partial charge in [0.05, 0.1) is 12.7 Å². The first-order chi connectivity index (χ1) is 8.99. The van der Waals surface area contributed by atoms with E-state index in [1.165, 1.54) is 4.90 Å². The number of nitrogens with one attached hydrogen (secondary N) is 1. The molecule has 2 aliphatic heterocycles. The molecule has 2 heterocycles. The van der Waals surface area contributed by atoms with Crippen LogP contribution in [0.1, 0.15) is 19.8 Å². The van der Waals surface area contributed by atoms with Crippen LogP contribution < -0.4 is 5.32 Å². The minimum atomic E-state index is -1.08. The van der Waals surface area contributed by atoms with Gasteiger partial charge in [-0.25, -0.2) is 9.59 Å². The van der Waals surface area contributed by atoms with Gasteiger partial charge in [-0.3, -0.25) is 0 Å². The van der Waals surface area contributed by atoms with Crippen LogP contribution in [0.2, 0.25) is 0 Å². The maximum Gasteiger partial charge on any atom is 0.326 e. The van der Waals surface area contributed by atoms with E-state index >= 15 is 0 Å². The second kappa shape index (κ2) is 5.75. The van der Waals surface area contributed by atoms with E-state index < -0.39 is 24.1 Å². The number of likely N-dealkylation sites (tertiary alicyclic amines) is 1. The molecule has 0 aromatic heterocycles. The number of urea groups is 1. The van der Waals surface area contributed by atoms with Crippen LogP contribution in [0.5, 0.6) is 0 Å². The van der Waals surface area contributed by atoms with Crippen molar-refractivity contribution in [1.29, 1.82) is 0 Å². The topological polar surface area (TPSA) is 99.1 Å². The Morgan fingerprint density at radius 1 is 1.47 bits per heavy atom. The van der Waals surface area contributed by atoms with E-state index in [0.29, 0.717) is 13.2 Å². The number of aliphatic carboxylic acids is 1. The van der Waals surface area contributed by atoms with Crippen LogP contribution in [0, 0.1) is 5.92 Å². The van der Waals surface area contributed by atoms with Crippen LogP contribution in [-0.4, -0.2) is 65.1 Å². The normalized spacial score (nSPS) is 32.3. The van der Waals surface area contributed by atoms with Crippen molar-refractivity contribution in [3.05, 3.63) is 0 Å². The second-order valence-electron chi connectivity index (χ2n) is 5.26. The van der Waals surface area contributed by atoms with Crippen LogP contribution in [0.15, 0.2) is 0 Å². The van der Waals surface area contributed by atoms with E-state index in [0.717, 1.165) is 6.42 Å². The van der Waals surface area contributed by atoms with Gasteiger partial charge in [0, 0.05) is 31.5 Å². The Labute approximate surface area is 111 Å². The van der Waals surface area contributed by atoms with Crippen molar-refractivity contribution in [2.24, 2.45) is 5.92 Å². The van der Waals surface area contributed by atoms with Crippen LogP contribution in [0.3, 0.4) is 0 Å². The molecule has 19 heavy (non-hydrogen) atoms. The first kappa shape index (κ1) is 14.1. The number of aliphatic hydroxyl groups is 1. The summed E-state index contributed by atoms with van der Waals surface area (Å²) in [6, 6.07) is -1.44. The molecular weight excluding hydrogens is 252 g/mol. The molecule has 2 fully saturated rings. The lowest BCUT2D eigenvalue weighted by Crippen LogP contribution is -2.50. The van der Waals surface area contributed by atoms with Crippen LogP contribution in [-0.2, 0) is 9.53 Å². The predicted molar refractivity (Wildman–Crippen MR) is 65.7 cm³/mol. The molecule has 0 saturated carbocycles. The maximum absolute atomic E-state index is 12.1. The summed E-state index contributed by atoms with van der Waals surface area (Å²) in [5.41, 5.74) is 0. The summed E-state index contributed by atoms with van der Waals surface area (Å²) < 4.78 is 5.26. The summed E-state index contributed by atoms with van der Waals surface area (Å²) in [5.74, 6) is -0.816. The lowest BCUT2D eigenvalue weighted by atomic mass is 10.0. The fourth-order valence-corrected chi connectivity index (χ4v) is 2.61. The quantitative estimate of drug-likeness (QED) is 0.651. The first-order valence-corrected chi connectivity index (χ1v) is 6.54. The number of aliphatic hydroxyl groups excluding tert-OH is 1. The van der Waals surface area contributed by atoms with Crippen molar-refractivity contribution in [1.82, 2.24) is 10.2 Å². The summed E-state index contributed by atoms with van der Waals surface area (Å²) in [7, 11) is 0. The molecule has 7 heteroatoms. The Kier molecular flexibility index (Phi) is 4.26. The average Bonchev–Trinajstić information content (AvgIpc) is 2.96. The molecule has 2 saturated heterocycles. The summed E-state index contributed by atoms with van der Waals surface area (Å²) in [6.07, 6.45) is 0.216. The smallest absolute Gasteiger partial charge is 0.326 e. The molecule has 108 valence electrons. The van der Waals surface area contributed by atoms with Crippen molar-refractivity contribution in [2.45, 2.75) is 38.0 Å². The van der Waals surface area contributed by atoms with E-state index in [-0.39, 0.29) is 24.9 Å². The van der Waals surface area contributed by atoms with Gasteiger partial charge >= 0.3 is 12.0 Å². The van der Waals surface area contributed by atoms with Gasteiger partial charge in [0.1, 0.15) is 6.04 Å². The van der Waals surface area contributed by atoms with Crippen molar-refractivity contribution < 1.29 is 24.5 Å². The standard InChI is InChI=1S/C12H20N2O5/c1-7(8-2-3-19-6-8)13-12(18)14-5-9(15)4-10(14)11(16)17/h7-10,15H,2-6H2,1H3,(H,13,18)(H,16,17)/t7?,8?,9?,10-/m0/s1. The van der Waals surface area contributed by atoms with Gasteiger partial charge in [-0.05, 0) is 13.3 Å². The fraction of sp³-hybridized carbons (Fsp3) is 0.833. The number of β-amino-alcohol motifs (C(OH)–C–C–N with tert-alkyl or cyclic N) is 1. The number of carbonyl (C=O) groups is 2. The highest BCUT2D eigenvalue weighted by Crippen LogP contribution is 2.20. The van der Waals surface area contributed by atoms with Gasteiger partial charge in [0.2, 0.25) is 0 Å². The predicted octanol–water partition coefficient (Wildman–Crippen LogP) is -0.359. The van der Waals surface area contributed by atoms with Crippen molar-refractivity contribution >= 4 is 12.0 Å². The number of hydrogen-bond donors (Lipinski definition) is 3. The monoisotopic (exact) mass is 272 g/mol. The van der Waals surface area contributed by atoms with Crippen LogP contribution in [0.25, 0.3) is 0 Å². The minimum Gasteiger partial charge on any atom is -0.480 e. The molecule has 2 aliphatic rings. The van der Waals surface area contributed by atoms with Crippen molar-refractivity contribution in [2.75, 3.05) is 19.8 Å². The van der Waals surface area contributed by atoms with E-state index in [1.807, 2.05) is 6.92 Å². The van der Waals surface area contributed by atoms with E-state index in [2.05, 4.69) is 5.32 Å². The number of carbonyl (C=O) groups excluding carboxylic acids is 1. The van der Waals surface area contributed by atoms with Gasteiger partial charge in [-0.2, -0.15) is 0 Å². The third kappa shape index (κ3) is 3.16. The number of carboxylic acids is 1. The molecule has 2 rings (SSSR count).